The third kappa shape index (κ3) is 7.24. The highest BCUT2D eigenvalue weighted by molar-refractivity contribution is 6.68. The van der Waals surface area contributed by atoms with Gasteiger partial charge in [-0.05, 0) is 12.5 Å². The third-order valence-electron chi connectivity index (χ3n) is 3.01. The molecule has 0 aromatic heterocycles. The Hall–Kier alpha value is -1.24. The molecule has 0 bridgehead atoms. The van der Waals surface area contributed by atoms with E-state index in [0.717, 1.165) is 19.3 Å². The lowest BCUT2D eigenvalue weighted by Crippen LogP contribution is -2.49. The van der Waals surface area contributed by atoms with Gasteiger partial charge in [-0.1, -0.05) is 60.6 Å². The van der Waals surface area contributed by atoms with Crippen LogP contribution in [0.2, 0.25) is 0 Å². The fourth-order valence-electron chi connectivity index (χ4n) is 1.84. The summed E-state index contributed by atoms with van der Waals surface area (Å²) in [5.74, 6) is -0.257. The Bertz CT molecular complexity index is 550. The van der Waals surface area contributed by atoms with Crippen molar-refractivity contribution in [1.29, 1.82) is 0 Å². The average molecular weight is 383 g/mol. The molecule has 1 aromatic carbocycles. The number of halogens is 3. The number of nitrogens with zero attached hydrogens (tertiary/aromatic N) is 1. The number of hydrogen-bond acceptors (Lipinski definition) is 4. The van der Waals surface area contributed by atoms with Crippen molar-refractivity contribution in [3.63, 3.8) is 0 Å². The summed E-state index contributed by atoms with van der Waals surface area (Å²) in [7, 11) is 0. The number of non-ortho nitro benzene ring substituents is 1. The van der Waals surface area contributed by atoms with E-state index in [1.165, 1.54) is 18.2 Å². The molecule has 1 rings (SSSR count). The van der Waals surface area contributed by atoms with Crippen molar-refractivity contribution in [2.75, 3.05) is 5.32 Å². The number of anilines is 1. The van der Waals surface area contributed by atoms with Crippen molar-refractivity contribution in [1.82, 2.24) is 5.32 Å². The minimum atomic E-state index is -1.81. The molecule has 2 N–H and O–H groups in total. The van der Waals surface area contributed by atoms with E-state index in [1.807, 2.05) is 6.92 Å². The summed E-state index contributed by atoms with van der Waals surface area (Å²) in [6.45, 7) is 2.03. The molecule has 0 spiro atoms. The van der Waals surface area contributed by atoms with Crippen molar-refractivity contribution in [2.24, 2.45) is 0 Å². The summed E-state index contributed by atoms with van der Waals surface area (Å²) in [6.07, 6.45) is 1.98. The van der Waals surface area contributed by atoms with E-state index < -0.39 is 14.9 Å². The lowest BCUT2D eigenvalue weighted by molar-refractivity contribution is -0.384. The Labute approximate surface area is 149 Å². The predicted octanol–water partition coefficient (Wildman–Crippen LogP) is 4.40. The molecule has 9 heteroatoms. The second-order valence-corrected chi connectivity index (χ2v) is 7.32. The Morgan fingerprint density at radius 2 is 2.04 bits per heavy atom. The summed E-state index contributed by atoms with van der Waals surface area (Å²) in [5.41, 5.74) is 0.261. The minimum Gasteiger partial charge on any atom is -0.362 e. The first kappa shape index (κ1) is 19.8. The highest BCUT2D eigenvalue weighted by atomic mass is 35.6. The fourth-order valence-corrected chi connectivity index (χ4v) is 2.17. The zero-order chi connectivity index (χ0) is 17.5. The number of benzene rings is 1. The van der Waals surface area contributed by atoms with E-state index >= 15 is 0 Å². The van der Waals surface area contributed by atoms with Crippen LogP contribution in [0.25, 0.3) is 0 Å². The van der Waals surface area contributed by atoms with E-state index in [4.69, 9.17) is 34.8 Å². The first-order valence-corrected chi connectivity index (χ1v) is 8.24. The molecule has 0 aliphatic heterocycles. The molecule has 0 heterocycles. The third-order valence-corrected chi connectivity index (χ3v) is 3.66. The zero-order valence-corrected chi connectivity index (χ0v) is 14.8. The number of nitro benzene ring substituents is 1. The molecule has 0 aliphatic rings. The Balaban J connectivity index is 2.77. The molecule has 0 radical (unpaired) electrons. The number of hydrogen-bond donors (Lipinski definition) is 2. The maximum Gasteiger partial charge on any atom is 0.271 e. The first-order valence-electron chi connectivity index (χ1n) is 7.11. The number of nitro groups is 1. The first-order chi connectivity index (χ1) is 10.7. The molecular weight excluding hydrogens is 365 g/mol. The van der Waals surface area contributed by atoms with Crippen LogP contribution >= 0.6 is 34.8 Å². The molecule has 0 saturated heterocycles. The summed E-state index contributed by atoms with van der Waals surface area (Å²) in [6, 6.07) is 5.73. The Morgan fingerprint density at radius 3 is 2.61 bits per heavy atom. The SMILES string of the molecule is CCCCCC(=O)N[C@H](Nc1cccc([N+](=O)[O-])c1)C(Cl)(Cl)Cl. The lowest BCUT2D eigenvalue weighted by Gasteiger charge is -2.27. The summed E-state index contributed by atoms with van der Waals surface area (Å²) < 4.78 is -1.81. The molecular formula is C14H18Cl3N3O3. The van der Waals surface area contributed by atoms with Crippen LogP contribution in [-0.2, 0) is 4.79 Å². The smallest absolute Gasteiger partial charge is 0.271 e. The number of rotatable bonds is 8. The zero-order valence-electron chi connectivity index (χ0n) is 12.5. The van der Waals surface area contributed by atoms with Crippen LogP contribution in [0.5, 0.6) is 0 Å². The number of nitrogens with one attached hydrogen (secondary N) is 2. The van der Waals surface area contributed by atoms with Gasteiger partial charge in [0, 0.05) is 24.2 Å². The number of amides is 1. The van der Waals surface area contributed by atoms with Gasteiger partial charge in [0.05, 0.1) is 4.92 Å². The van der Waals surface area contributed by atoms with Crippen LogP contribution in [0, 0.1) is 10.1 Å². The topological polar surface area (TPSA) is 84.3 Å². The molecule has 0 saturated carbocycles. The normalized spacial score (nSPS) is 12.5. The van der Waals surface area contributed by atoms with E-state index in [1.54, 1.807) is 6.07 Å². The molecule has 23 heavy (non-hydrogen) atoms. The van der Waals surface area contributed by atoms with Crippen LogP contribution in [0.4, 0.5) is 11.4 Å². The van der Waals surface area contributed by atoms with Gasteiger partial charge in [-0.2, -0.15) is 0 Å². The molecule has 0 fully saturated rings. The van der Waals surface area contributed by atoms with Crippen molar-refractivity contribution in [3.8, 4) is 0 Å². The van der Waals surface area contributed by atoms with Crippen molar-refractivity contribution < 1.29 is 9.72 Å². The molecule has 1 aromatic rings. The summed E-state index contributed by atoms with van der Waals surface area (Å²) in [5, 5.41) is 16.2. The minimum absolute atomic E-state index is 0.104. The van der Waals surface area contributed by atoms with Crippen LogP contribution in [0.3, 0.4) is 0 Å². The second kappa shape index (κ2) is 9.15. The molecule has 1 amide bonds. The molecule has 0 aliphatic carbocycles. The Kier molecular flexibility index (Phi) is 7.88. The van der Waals surface area contributed by atoms with E-state index in [0.29, 0.717) is 12.1 Å². The van der Waals surface area contributed by atoms with Gasteiger partial charge in [0.25, 0.3) is 5.69 Å². The van der Waals surface area contributed by atoms with Crippen LogP contribution in [0.15, 0.2) is 24.3 Å². The van der Waals surface area contributed by atoms with E-state index in [9.17, 15) is 14.9 Å². The fraction of sp³-hybridized carbons (Fsp3) is 0.500. The lowest BCUT2D eigenvalue weighted by atomic mass is 10.2. The van der Waals surface area contributed by atoms with Crippen LogP contribution in [0.1, 0.15) is 32.6 Å². The van der Waals surface area contributed by atoms with Crippen LogP contribution < -0.4 is 10.6 Å². The summed E-state index contributed by atoms with van der Waals surface area (Å²) >= 11 is 17.6. The standard InChI is InChI=1S/C14H18Cl3N3O3/c1-2-3-4-8-12(21)19-13(14(15,16)17)18-10-6-5-7-11(9-10)20(22)23/h5-7,9,13,18H,2-4,8H2,1H3,(H,19,21)/t13-/m0/s1. The number of carbonyl (C=O) groups is 1. The average Bonchev–Trinajstić information content (AvgIpc) is 2.46. The van der Waals surface area contributed by atoms with Gasteiger partial charge in [-0.25, -0.2) is 0 Å². The van der Waals surface area contributed by atoms with Crippen LogP contribution in [-0.4, -0.2) is 20.8 Å². The second-order valence-electron chi connectivity index (χ2n) is 4.95. The number of alkyl halides is 3. The number of carbonyl (C=O) groups excluding carboxylic acids is 1. The van der Waals surface area contributed by atoms with Crippen molar-refractivity contribution in [2.45, 2.75) is 42.6 Å². The molecule has 0 unspecified atom stereocenters. The quantitative estimate of drug-likeness (QED) is 0.229. The highest BCUT2D eigenvalue weighted by Gasteiger charge is 2.34. The van der Waals surface area contributed by atoms with E-state index in [2.05, 4.69) is 10.6 Å². The van der Waals surface area contributed by atoms with E-state index in [-0.39, 0.29) is 11.6 Å². The van der Waals surface area contributed by atoms with Gasteiger partial charge in [0.15, 0.2) is 0 Å². The number of unbranched alkanes of at least 4 members (excludes halogenated alkanes) is 2. The molecule has 128 valence electrons. The van der Waals surface area contributed by atoms with Gasteiger partial charge in [-0.3, -0.25) is 14.9 Å². The van der Waals surface area contributed by atoms with Crippen molar-refractivity contribution >= 4 is 52.1 Å². The predicted molar refractivity (Wildman–Crippen MR) is 93.1 cm³/mol. The van der Waals surface area contributed by atoms with Gasteiger partial charge in [0.1, 0.15) is 6.17 Å². The van der Waals surface area contributed by atoms with Gasteiger partial charge >= 0.3 is 0 Å². The summed E-state index contributed by atoms with van der Waals surface area (Å²) in [4.78, 5) is 22.2. The highest BCUT2D eigenvalue weighted by Crippen LogP contribution is 2.31. The molecule has 6 nitrogen and oxygen atoms in total. The van der Waals surface area contributed by atoms with Gasteiger partial charge in [0.2, 0.25) is 9.70 Å². The monoisotopic (exact) mass is 381 g/mol. The largest absolute Gasteiger partial charge is 0.362 e. The maximum absolute atomic E-state index is 11.9. The van der Waals surface area contributed by atoms with Gasteiger partial charge in [-0.15, -0.1) is 0 Å². The van der Waals surface area contributed by atoms with Gasteiger partial charge < -0.3 is 10.6 Å². The maximum atomic E-state index is 11.9. The molecule has 1 atom stereocenters. The Morgan fingerprint density at radius 1 is 1.35 bits per heavy atom. The van der Waals surface area contributed by atoms with Crippen molar-refractivity contribution in [3.05, 3.63) is 34.4 Å².